The molecule has 2 aliphatic heterocycles. The number of carbonyl (C=O) groups is 3. The van der Waals surface area contributed by atoms with Crippen LogP contribution in [0.1, 0.15) is 35.5 Å². The Kier molecular flexibility index (Phi) is 7.86. The van der Waals surface area contributed by atoms with Gasteiger partial charge in [0.15, 0.2) is 0 Å². The van der Waals surface area contributed by atoms with Gasteiger partial charge in [-0.25, -0.2) is 9.78 Å². The number of likely N-dealkylation sites (tertiary alicyclic amines) is 1. The second-order valence-corrected chi connectivity index (χ2v) is 10.9. The molecule has 8 nitrogen and oxygen atoms in total. The lowest BCUT2D eigenvalue weighted by atomic mass is 9.74. The van der Waals surface area contributed by atoms with E-state index in [1.54, 1.807) is 11.3 Å². The molecule has 1 atom stereocenters. The van der Waals surface area contributed by atoms with Gasteiger partial charge < -0.3 is 15.1 Å². The Bertz CT molecular complexity index is 1050. The van der Waals surface area contributed by atoms with Crippen LogP contribution < -0.4 is 5.32 Å². The van der Waals surface area contributed by atoms with Gasteiger partial charge in [-0.1, -0.05) is 30.3 Å². The number of rotatable bonds is 9. The third-order valence-corrected chi connectivity index (χ3v) is 7.99. The molecule has 1 N–H and O–H groups in total. The SMILES string of the molecule is Cc1nc(CC(=O)N2CCC(C3(CCc4ccccc4)NC(=O)N(CCN(C)C)C3=O)CC2)cs1. The fourth-order valence-corrected chi connectivity index (χ4v) is 5.77. The Morgan fingerprint density at radius 2 is 1.91 bits per heavy atom. The number of carbonyl (C=O) groups excluding carboxylic acids is 3. The van der Waals surface area contributed by atoms with Gasteiger partial charge in [-0.3, -0.25) is 14.5 Å². The number of hydrogen-bond donors (Lipinski definition) is 1. The maximum Gasteiger partial charge on any atom is 0.325 e. The predicted octanol–water partition coefficient (Wildman–Crippen LogP) is 2.72. The normalized spacial score (nSPS) is 21.1. The molecule has 0 spiro atoms. The molecule has 2 aromatic rings. The van der Waals surface area contributed by atoms with Crippen LogP contribution in [0, 0.1) is 12.8 Å². The van der Waals surface area contributed by atoms with Crippen LogP contribution in [0.3, 0.4) is 0 Å². The number of hydrogen-bond acceptors (Lipinski definition) is 6. The van der Waals surface area contributed by atoms with E-state index in [1.807, 2.05) is 54.4 Å². The summed E-state index contributed by atoms with van der Waals surface area (Å²) < 4.78 is 0. The third-order valence-electron chi connectivity index (χ3n) is 7.17. The Morgan fingerprint density at radius 3 is 2.54 bits per heavy atom. The van der Waals surface area contributed by atoms with Gasteiger partial charge >= 0.3 is 6.03 Å². The van der Waals surface area contributed by atoms with Crippen molar-refractivity contribution in [2.24, 2.45) is 5.92 Å². The largest absolute Gasteiger partial charge is 0.342 e. The molecule has 35 heavy (non-hydrogen) atoms. The number of benzene rings is 1. The number of amides is 4. The lowest BCUT2D eigenvalue weighted by Gasteiger charge is -2.41. The van der Waals surface area contributed by atoms with E-state index in [-0.39, 0.29) is 23.8 Å². The van der Waals surface area contributed by atoms with Crippen LogP contribution in [-0.2, 0) is 22.4 Å². The van der Waals surface area contributed by atoms with E-state index in [2.05, 4.69) is 22.4 Å². The molecule has 0 aliphatic carbocycles. The van der Waals surface area contributed by atoms with Crippen LogP contribution >= 0.6 is 11.3 Å². The Hall–Kier alpha value is -2.78. The van der Waals surface area contributed by atoms with Crippen LogP contribution in [0.15, 0.2) is 35.7 Å². The summed E-state index contributed by atoms with van der Waals surface area (Å²) in [5, 5.41) is 6.02. The number of nitrogens with zero attached hydrogens (tertiary/aromatic N) is 4. The fourth-order valence-electron chi connectivity index (χ4n) is 5.16. The molecular weight excluding hydrogens is 462 g/mol. The molecule has 188 valence electrons. The summed E-state index contributed by atoms with van der Waals surface area (Å²) in [5.41, 5.74) is 1.03. The average Bonchev–Trinajstić information content (AvgIpc) is 3.36. The molecule has 1 aromatic heterocycles. The zero-order chi connectivity index (χ0) is 25.0. The van der Waals surface area contributed by atoms with E-state index in [1.165, 1.54) is 4.90 Å². The lowest BCUT2D eigenvalue weighted by Crippen LogP contribution is -2.57. The van der Waals surface area contributed by atoms with Crippen molar-refractivity contribution in [2.45, 2.75) is 44.6 Å². The zero-order valence-corrected chi connectivity index (χ0v) is 21.6. The van der Waals surface area contributed by atoms with Crippen molar-refractivity contribution in [3.05, 3.63) is 52.0 Å². The molecule has 1 unspecified atom stereocenters. The van der Waals surface area contributed by atoms with Crippen molar-refractivity contribution in [3.63, 3.8) is 0 Å². The van der Waals surface area contributed by atoms with Gasteiger partial charge in [-0.05, 0) is 58.2 Å². The quantitative estimate of drug-likeness (QED) is 0.539. The third kappa shape index (κ3) is 5.73. The summed E-state index contributed by atoms with van der Waals surface area (Å²) in [7, 11) is 3.86. The van der Waals surface area contributed by atoms with E-state index < -0.39 is 5.54 Å². The lowest BCUT2D eigenvalue weighted by molar-refractivity contribution is -0.136. The number of likely N-dealkylation sites (N-methyl/N-ethyl adjacent to an activating group) is 1. The minimum Gasteiger partial charge on any atom is -0.342 e. The van der Waals surface area contributed by atoms with Crippen molar-refractivity contribution in [1.29, 1.82) is 0 Å². The molecule has 2 aliphatic rings. The number of aromatic nitrogens is 1. The van der Waals surface area contributed by atoms with Gasteiger partial charge in [-0.2, -0.15) is 0 Å². The molecule has 9 heteroatoms. The number of thiazole rings is 1. The minimum absolute atomic E-state index is 0.0161. The first-order valence-electron chi connectivity index (χ1n) is 12.3. The summed E-state index contributed by atoms with van der Waals surface area (Å²) in [6.07, 6.45) is 2.93. The molecule has 0 radical (unpaired) electrons. The molecule has 4 amide bonds. The van der Waals surface area contributed by atoms with Gasteiger partial charge in [-0.15, -0.1) is 11.3 Å². The standard InChI is InChI=1S/C26H35N5O3S/c1-19-27-22(18-35-19)17-23(32)30-13-10-21(11-14-30)26(12-9-20-7-5-4-6-8-20)24(33)31(25(34)28-26)16-15-29(2)3/h4-8,18,21H,9-17H2,1-3H3,(H,28,34). The number of urea groups is 1. The van der Waals surface area contributed by atoms with Crippen LogP contribution in [-0.4, -0.2) is 83.3 Å². The smallest absolute Gasteiger partial charge is 0.325 e. The number of aryl methyl sites for hydroxylation is 2. The van der Waals surface area contributed by atoms with E-state index in [0.29, 0.717) is 58.3 Å². The molecule has 0 saturated carbocycles. The van der Waals surface area contributed by atoms with Gasteiger partial charge in [0, 0.05) is 31.6 Å². The highest BCUT2D eigenvalue weighted by atomic mass is 32.1. The van der Waals surface area contributed by atoms with Crippen LogP contribution in [0.2, 0.25) is 0 Å². The Labute approximate surface area is 211 Å². The monoisotopic (exact) mass is 497 g/mol. The molecule has 2 saturated heterocycles. The van der Waals surface area contributed by atoms with Crippen LogP contribution in [0.25, 0.3) is 0 Å². The van der Waals surface area contributed by atoms with E-state index in [4.69, 9.17) is 0 Å². The molecule has 0 bridgehead atoms. The maximum atomic E-state index is 13.8. The van der Waals surface area contributed by atoms with Gasteiger partial charge in [0.1, 0.15) is 5.54 Å². The highest BCUT2D eigenvalue weighted by molar-refractivity contribution is 7.09. The van der Waals surface area contributed by atoms with Crippen molar-refractivity contribution in [1.82, 2.24) is 25.0 Å². The first-order chi connectivity index (χ1) is 16.8. The van der Waals surface area contributed by atoms with Gasteiger partial charge in [0.25, 0.3) is 5.91 Å². The first kappa shape index (κ1) is 25.3. The topological polar surface area (TPSA) is 85.8 Å². The predicted molar refractivity (Wildman–Crippen MR) is 136 cm³/mol. The molecule has 2 fully saturated rings. The van der Waals surface area contributed by atoms with E-state index in [0.717, 1.165) is 16.3 Å². The Morgan fingerprint density at radius 1 is 1.20 bits per heavy atom. The maximum absolute atomic E-state index is 13.8. The summed E-state index contributed by atoms with van der Waals surface area (Å²) in [5.74, 6) is -0.0675. The number of nitrogens with one attached hydrogen (secondary N) is 1. The van der Waals surface area contributed by atoms with Gasteiger partial charge in [0.05, 0.1) is 17.1 Å². The minimum atomic E-state index is -0.930. The fraction of sp³-hybridized carbons (Fsp3) is 0.538. The highest BCUT2D eigenvalue weighted by Crippen LogP contribution is 2.37. The number of piperidine rings is 1. The molecular formula is C26H35N5O3S. The average molecular weight is 498 g/mol. The first-order valence-corrected chi connectivity index (χ1v) is 13.2. The molecule has 4 rings (SSSR count). The van der Waals surface area contributed by atoms with Crippen molar-refractivity contribution in [2.75, 3.05) is 40.3 Å². The zero-order valence-electron chi connectivity index (χ0n) is 20.8. The van der Waals surface area contributed by atoms with Gasteiger partial charge in [0.2, 0.25) is 5.91 Å². The van der Waals surface area contributed by atoms with E-state index >= 15 is 0 Å². The summed E-state index contributed by atoms with van der Waals surface area (Å²) in [6.45, 7) is 4.10. The summed E-state index contributed by atoms with van der Waals surface area (Å²) >= 11 is 1.55. The number of imide groups is 1. The molecule has 1 aromatic carbocycles. The molecule has 3 heterocycles. The highest BCUT2D eigenvalue weighted by Gasteiger charge is 2.55. The Balaban J connectivity index is 1.47. The summed E-state index contributed by atoms with van der Waals surface area (Å²) in [4.78, 5) is 49.2. The van der Waals surface area contributed by atoms with Crippen LogP contribution in [0.5, 0.6) is 0 Å². The van der Waals surface area contributed by atoms with Crippen molar-refractivity contribution >= 4 is 29.2 Å². The second-order valence-electron chi connectivity index (χ2n) is 9.84. The van der Waals surface area contributed by atoms with E-state index in [9.17, 15) is 14.4 Å². The van der Waals surface area contributed by atoms with Crippen LogP contribution in [0.4, 0.5) is 4.79 Å². The second kappa shape index (κ2) is 10.9. The summed E-state index contributed by atoms with van der Waals surface area (Å²) in [6, 6.07) is 9.77. The van der Waals surface area contributed by atoms with Crippen molar-refractivity contribution < 1.29 is 14.4 Å². The van der Waals surface area contributed by atoms with Crippen molar-refractivity contribution in [3.8, 4) is 0 Å².